The molecule has 13 nitrogen and oxygen atoms in total. The Kier molecular flexibility index (Phi) is 20.8. The summed E-state index contributed by atoms with van der Waals surface area (Å²) >= 11 is 0. The normalized spacial score (nSPS) is 18.8. The molecule has 0 bridgehead atoms. The molecule has 3 aromatic rings. The van der Waals surface area contributed by atoms with Crippen molar-refractivity contribution in [1.82, 2.24) is 0 Å². The number of quaternary nitrogens is 2. The number of rotatable bonds is 22. The van der Waals surface area contributed by atoms with Crippen molar-refractivity contribution in [1.29, 1.82) is 0 Å². The van der Waals surface area contributed by atoms with Crippen LogP contribution in [0.2, 0.25) is 0 Å². The molecule has 0 spiro atoms. The number of ether oxygens (including phenoxy) is 9. The first-order chi connectivity index (χ1) is 28.4. The molecule has 0 aromatic heterocycles. The van der Waals surface area contributed by atoms with E-state index >= 15 is 0 Å². The average molecular weight is 1080 g/mol. The highest BCUT2D eigenvalue weighted by atomic mass is 127. The van der Waals surface area contributed by atoms with Gasteiger partial charge in [-0.25, -0.2) is 0 Å². The number of carbonyl (C=O) groups is 2. The minimum absolute atomic E-state index is 0. The Balaban J connectivity index is 0.00000496. The van der Waals surface area contributed by atoms with E-state index in [1.54, 1.807) is 49.8 Å². The second kappa shape index (κ2) is 24.4. The quantitative estimate of drug-likeness (QED) is 0.0613. The second-order valence-electron chi connectivity index (χ2n) is 16.1. The third-order valence-electron chi connectivity index (χ3n) is 12.3. The number of fused-ring (bicyclic) bond motifs is 2. The predicted molar refractivity (Wildman–Crippen MR) is 224 cm³/mol. The number of unbranched alkanes of at least 4 members (excludes halogenated alkanes) is 3. The standard InChI is InChI=1S/C46H66N2O11.2HI/c1-47(20-17-35-34(31-47)29-42(55-7)46(57-9)45(35)56-8)21-18-43(49)58-24-12-10-11-13-25-59-44(50)19-23-48(2)22-16-33-28-40(53-5)41(54-6)30-36(33)37(48)26-32-14-15-38(51-3)39(27-32)52-4;;/h14-15,27-30,37H,10-13,16-26,31H2,1-9H3;2*1H/q+2;;/p-2/t37-,47?,48?;;/m1../s1. The highest BCUT2D eigenvalue weighted by Crippen LogP contribution is 2.45. The van der Waals surface area contributed by atoms with Crippen LogP contribution in [-0.4, -0.2) is 124 Å². The molecule has 0 saturated heterocycles. The summed E-state index contributed by atoms with van der Waals surface area (Å²) in [5.74, 6) is 4.40. The summed E-state index contributed by atoms with van der Waals surface area (Å²) in [4.78, 5) is 25.7. The first-order valence-electron chi connectivity index (χ1n) is 20.7. The minimum atomic E-state index is -0.187. The Labute approximate surface area is 396 Å². The summed E-state index contributed by atoms with van der Waals surface area (Å²) in [6.07, 6.45) is 6.41. The van der Waals surface area contributed by atoms with Crippen LogP contribution in [0.3, 0.4) is 0 Å². The fourth-order valence-electron chi connectivity index (χ4n) is 8.69. The van der Waals surface area contributed by atoms with Crippen molar-refractivity contribution in [3.63, 3.8) is 0 Å². The number of methoxy groups -OCH3 is 7. The van der Waals surface area contributed by atoms with E-state index in [4.69, 9.17) is 42.6 Å². The fraction of sp³-hybridized carbons (Fsp3) is 0.565. The van der Waals surface area contributed by atoms with Crippen LogP contribution in [0.15, 0.2) is 36.4 Å². The van der Waals surface area contributed by atoms with E-state index in [-0.39, 0.29) is 65.9 Å². The van der Waals surface area contributed by atoms with Crippen LogP contribution >= 0.6 is 0 Å². The third kappa shape index (κ3) is 13.1. The largest absolute Gasteiger partial charge is 1.00 e. The van der Waals surface area contributed by atoms with Gasteiger partial charge in [-0.3, -0.25) is 9.59 Å². The maximum absolute atomic E-state index is 13.1. The first kappa shape index (κ1) is 51.9. The zero-order chi connectivity index (χ0) is 42.6. The van der Waals surface area contributed by atoms with E-state index < -0.39 is 0 Å². The summed E-state index contributed by atoms with van der Waals surface area (Å²) in [5, 5.41) is 0. The van der Waals surface area contributed by atoms with Crippen LogP contribution < -0.4 is 81.1 Å². The number of nitrogens with zero attached hydrogens (tertiary/aromatic N) is 2. The van der Waals surface area contributed by atoms with Crippen molar-refractivity contribution in [3.8, 4) is 40.2 Å². The molecule has 15 heteroatoms. The van der Waals surface area contributed by atoms with Gasteiger partial charge in [0.05, 0.1) is 116 Å². The average Bonchev–Trinajstić information content (AvgIpc) is 3.25. The molecule has 0 fully saturated rings. The van der Waals surface area contributed by atoms with Gasteiger partial charge in [0.25, 0.3) is 0 Å². The Hall–Kier alpha value is -3.42. The van der Waals surface area contributed by atoms with Gasteiger partial charge >= 0.3 is 11.9 Å². The highest BCUT2D eigenvalue weighted by molar-refractivity contribution is 5.69. The zero-order valence-corrected chi connectivity index (χ0v) is 41.8. The van der Waals surface area contributed by atoms with E-state index in [2.05, 4.69) is 32.3 Å². The molecule has 5 rings (SSSR count). The van der Waals surface area contributed by atoms with Gasteiger partial charge in [-0.05, 0) is 67.1 Å². The van der Waals surface area contributed by atoms with Crippen LogP contribution in [-0.2, 0) is 44.9 Å². The summed E-state index contributed by atoms with van der Waals surface area (Å²) in [6.45, 7) is 4.62. The Bertz CT molecular complexity index is 1910. The Morgan fingerprint density at radius 1 is 0.590 bits per heavy atom. The molecule has 0 radical (unpaired) electrons. The number of carbonyl (C=O) groups excluding carboxylic acids is 2. The first-order valence-corrected chi connectivity index (χ1v) is 20.7. The van der Waals surface area contributed by atoms with E-state index in [1.165, 1.54) is 11.1 Å². The topological polar surface area (TPSA) is 117 Å². The smallest absolute Gasteiger partial charge is 0.311 e. The van der Waals surface area contributed by atoms with Gasteiger partial charge in [0.15, 0.2) is 34.5 Å². The number of hydrogen-bond donors (Lipinski definition) is 0. The lowest BCUT2D eigenvalue weighted by Gasteiger charge is -2.46. The Morgan fingerprint density at radius 2 is 1.15 bits per heavy atom. The number of halogens is 2. The highest BCUT2D eigenvalue weighted by Gasteiger charge is 2.40. The molecule has 0 aliphatic carbocycles. The van der Waals surface area contributed by atoms with E-state index in [1.807, 2.05) is 18.2 Å². The van der Waals surface area contributed by atoms with Crippen molar-refractivity contribution in [2.75, 3.05) is 103 Å². The Morgan fingerprint density at radius 3 is 1.74 bits per heavy atom. The summed E-state index contributed by atoms with van der Waals surface area (Å²) in [6, 6.07) is 12.3. The molecule has 0 amide bonds. The SMILES string of the molecule is COc1ccc(C[C@@H]2c3cc(OC)c(OC)cc3CC[N+]2(C)CCC(=O)OCCCCCCOC(=O)CC[N+]2(C)CCc3c(cc(OC)c(OC)c3OC)C2)cc1OC.[I-].[I-]. The molecular weight excluding hydrogens is 1010 g/mol. The molecule has 3 atom stereocenters. The lowest BCUT2D eigenvalue weighted by molar-refractivity contribution is -0.940. The molecule has 2 unspecified atom stereocenters. The molecule has 340 valence electrons. The molecular formula is C46H66I2N2O11. The maximum Gasteiger partial charge on any atom is 0.311 e. The number of benzene rings is 3. The fourth-order valence-corrected chi connectivity index (χ4v) is 8.69. The summed E-state index contributed by atoms with van der Waals surface area (Å²) < 4.78 is 52.0. The lowest BCUT2D eigenvalue weighted by atomic mass is 9.86. The number of likely N-dealkylation sites (N-methyl/N-ethyl adjacent to an activating group) is 2. The van der Waals surface area contributed by atoms with Crippen molar-refractivity contribution in [2.45, 2.75) is 70.4 Å². The molecule has 0 N–H and O–H groups in total. The van der Waals surface area contributed by atoms with Gasteiger partial charge in [0.1, 0.15) is 12.6 Å². The number of esters is 2. The van der Waals surface area contributed by atoms with Gasteiger partial charge in [-0.1, -0.05) is 6.07 Å². The predicted octanol–water partition coefficient (Wildman–Crippen LogP) is 0.671. The van der Waals surface area contributed by atoms with Crippen LogP contribution in [0.1, 0.15) is 72.4 Å². The number of hydrogen-bond acceptors (Lipinski definition) is 11. The van der Waals surface area contributed by atoms with Gasteiger partial charge in [-0.15, -0.1) is 0 Å². The lowest BCUT2D eigenvalue weighted by Crippen LogP contribution is -3.00. The van der Waals surface area contributed by atoms with E-state index in [0.717, 1.165) is 91.5 Å². The van der Waals surface area contributed by atoms with Crippen LogP contribution in [0, 0.1) is 0 Å². The van der Waals surface area contributed by atoms with Crippen molar-refractivity contribution < 1.29 is 109 Å². The van der Waals surface area contributed by atoms with Crippen molar-refractivity contribution in [3.05, 3.63) is 64.2 Å². The molecule has 61 heavy (non-hydrogen) atoms. The van der Waals surface area contributed by atoms with Gasteiger partial charge in [0, 0.05) is 36.0 Å². The maximum atomic E-state index is 13.1. The molecule has 3 aromatic carbocycles. The van der Waals surface area contributed by atoms with Crippen molar-refractivity contribution in [2.24, 2.45) is 0 Å². The van der Waals surface area contributed by atoms with Gasteiger partial charge < -0.3 is 99.6 Å². The van der Waals surface area contributed by atoms with Crippen LogP contribution in [0.25, 0.3) is 0 Å². The molecule has 0 saturated carbocycles. The van der Waals surface area contributed by atoms with E-state index in [9.17, 15) is 9.59 Å². The third-order valence-corrected chi connectivity index (χ3v) is 12.3. The molecule has 2 aliphatic rings. The molecule has 2 heterocycles. The monoisotopic (exact) mass is 1080 g/mol. The zero-order valence-electron chi connectivity index (χ0n) is 37.5. The summed E-state index contributed by atoms with van der Waals surface area (Å²) in [5.41, 5.74) is 5.82. The van der Waals surface area contributed by atoms with Crippen LogP contribution in [0.4, 0.5) is 0 Å². The summed E-state index contributed by atoms with van der Waals surface area (Å²) in [7, 11) is 15.9. The van der Waals surface area contributed by atoms with Crippen molar-refractivity contribution >= 4 is 11.9 Å². The van der Waals surface area contributed by atoms with Crippen LogP contribution in [0.5, 0.6) is 40.2 Å². The van der Waals surface area contributed by atoms with Gasteiger partial charge in [0.2, 0.25) is 5.75 Å². The van der Waals surface area contributed by atoms with Gasteiger partial charge in [-0.2, -0.15) is 0 Å². The minimum Gasteiger partial charge on any atom is -1.00 e. The van der Waals surface area contributed by atoms with E-state index in [0.29, 0.717) is 78.1 Å². The second-order valence-corrected chi connectivity index (χ2v) is 16.1. The molecule has 2 aliphatic heterocycles.